The first kappa shape index (κ1) is 14.9. The van der Waals surface area contributed by atoms with E-state index in [4.69, 9.17) is 0 Å². The molecular weight excluding hydrogens is 258 g/mol. The molecule has 0 atom stereocenters. The normalized spacial score (nSPS) is 20.7. The molecule has 116 valence electrons. The van der Waals surface area contributed by atoms with Gasteiger partial charge in [0.15, 0.2) is 0 Å². The standard InChI is InChI=1S/C18H29N3/c1-20-11-9-16(10-12-20)14-21(2)18-7-3-15(4-8-18)13-19-17-5-6-17/h3-4,7-8,16-17,19H,5-6,9-14H2,1-2H3. The second-order valence-electron chi connectivity index (χ2n) is 6.95. The van der Waals surface area contributed by atoms with E-state index in [2.05, 4.69) is 53.5 Å². The summed E-state index contributed by atoms with van der Waals surface area (Å²) in [6.45, 7) is 4.71. The fourth-order valence-corrected chi connectivity index (χ4v) is 3.16. The van der Waals surface area contributed by atoms with Crippen LogP contribution in [0.15, 0.2) is 24.3 Å². The molecule has 0 unspecified atom stereocenters. The molecule has 1 heterocycles. The molecule has 1 aromatic carbocycles. The van der Waals surface area contributed by atoms with Crippen LogP contribution >= 0.6 is 0 Å². The van der Waals surface area contributed by atoms with E-state index in [9.17, 15) is 0 Å². The molecule has 0 aromatic heterocycles. The van der Waals surface area contributed by atoms with Crippen LogP contribution in [0.3, 0.4) is 0 Å². The van der Waals surface area contributed by atoms with Gasteiger partial charge in [0.1, 0.15) is 0 Å². The predicted octanol–water partition coefficient (Wildman–Crippen LogP) is 2.72. The summed E-state index contributed by atoms with van der Waals surface area (Å²) in [6.07, 6.45) is 5.39. The number of likely N-dealkylation sites (tertiary alicyclic amines) is 1. The molecule has 2 fully saturated rings. The molecule has 1 aromatic rings. The lowest BCUT2D eigenvalue weighted by Crippen LogP contribution is -2.35. The van der Waals surface area contributed by atoms with Crippen molar-refractivity contribution in [2.75, 3.05) is 38.6 Å². The largest absolute Gasteiger partial charge is 0.374 e. The second-order valence-corrected chi connectivity index (χ2v) is 6.95. The van der Waals surface area contributed by atoms with Crippen molar-refractivity contribution >= 4 is 5.69 Å². The van der Waals surface area contributed by atoms with Gasteiger partial charge in [-0.2, -0.15) is 0 Å². The monoisotopic (exact) mass is 287 g/mol. The third-order valence-electron chi connectivity index (χ3n) is 4.92. The van der Waals surface area contributed by atoms with Crippen molar-refractivity contribution in [3.8, 4) is 0 Å². The Hall–Kier alpha value is -1.06. The zero-order valence-corrected chi connectivity index (χ0v) is 13.5. The van der Waals surface area contributed by atoms with E-state index in [0.717, 1.165) is 18.5 Å². The quantitative estimate of drug-likeness (QED) is 0.868. The number of hydrogen-bond donors (Lipinski definition) is 1. The van der Waals surface area contributed by atoms with E-state index >= 15 is 0 Å². The van der Waals surface area contributed by atoms with E-state index in [0.29, 0.717) is 0 Å². The van der Waals surface area contributed by atoms with Gasteiger partial charge in [-0.1, -0.05) is 12.1 Å². The van der Waals surface area contributed by atoms with Crippen molar-refractivity contribution in [3.63, 3.8) is 0 Å². The highest BCUT2D eigenvalue weighted by Gasteiger charge is 2.20. The first-order chi connectivity index (χ1) is 10.2. The summed E-state index contributed by atoms with van der Waals surface area (Å²) in [5.41, 5.74) is 2.75. The summed E-state index contributed by atoms with van der Waals surface area (Å²) in [6, 6.07) is 9.89. The fraction of sp³-hybridized carbons (Fsp3) is 0.667. The van der Waals surface area contributed by atoms with E-state index in [1.54, 1.807) is 0 Å². The van der Waals surface area contributed by atoms with Crippen LogP contribution in [0.25, 0.3) is 0 Å². The third-order valence-corrected chi connectivity index (χ3v) is 4.92. The van der Waals surface area contributed by atoms with E-state index in [1.807, 2.05) is 0 Å². The zero-order chi connectivity index (χ0) is 14.7. The molecule has 21 heavy (non-hydrogen) atoms. The van der Waals surface area contributed by atoms with Crippen molar-refractivity contribution < 1.29 is 0 Å². The number of anilines is 1. The molecule has 0 bridgehead atoms. The number of hydrogen-bond acceptors (Lipinski definition) is 3. The summed E-state index contributed by atoms with van der Waals surface area (Å²) >= 11 is 0. The summed E-state index contributed by atoms with van der Waals surface area (Å²) < 4.78 is 0. The SMILES string of the molecule is CN1CCC(CN(C)c2ccc(CNC3CC3)cc2)CC1. The molecule has 0 spiro atoms. The summed E-state index contributed by atoms with van der Waals surface area (Å²) in [7, 11) is 4.46. The Labute approximate surface area is 129 Å². The van der Waals surface area contributed by atoms with Crippen molar-refractivity contribution in [1.29, 1.82) is 0 Å². The average molecular weight is 287 g/mol. The van der Waals surface area contributed by atoms with Crippen molar-refractivity contribution in [2.45, 2.75) is 38.3 Å². The molecule has 1 N–H and O–H groups in total. The van der Waals surface area contributed by atoms with Crippen LogP contribution in [0, 0.1) is 5.92 Å². The molecule has 1 aliphatic heterocycles. The molecule has 2 aliphatic rings. The number of nitrogens with zero attached hydrogens (tertiary/aromatic N) is 2. The Morgan fingerprint density at radius 1 is 1.10 bits per heavy atom. The van der Waals surface area contributed by atoms with Gasteiger partial charge < -0.3 is 15.1 Å². The van der Waals surface area contributed by atoms with Gasteiger partial charge in [0.25, 0.3) is 0 Å². The Morgan fingerprint density at radius 2 is 1.76 bits per heavy atom. The van der Waals surface area contributed by atoms with Crippen molar-refractivity contribution in [3.05, 3.63) is 29.8 Å². The summed E-state index contributed by atoms with van der Waals surface area (Å²) in [5, 5.41) is 3.57. The van der Waals surface area contributed by atoms with Crippen LogP contribution in [0.2, 0.25) is 0 Å². The van der Waals surface area contributed by atoms with Crippen LogP contribution in [0.4, 0.5) is 5.69 Å². The van der Waals surface area contributed by atoms with Crippen molar-refractivity contribution in [2.24, 2.45) is 5.92 Å². The average Bonchev–Trinajstić information content (AvgIpc) is 3.32. The van der Waals surface area contributed by atoms with Crippen LogP contribution in [-0.4, -0.2) is 44.7 Å². The molecule has 3 heteroatoms. The van der Waals surface area contributed by atoms with Crippen LogP contribution in [0.1, 0.15) is 31.2 Å². The van der Waals surface area contributed by atoms with Gasteiger partial charge in [0.2, 0.25) is 0 Å². The van der Waals surface area contributed by atoms with Gasteiger partial charge in [0.05, 0.1) is 0 Å². The molecule has 3 rings (SSSR count). The van der Waals surface area contributed by atoms with Gasteiger partial charge in [-0.15, -0.1) is 0 Å². The van der Waals surface area contributed by atoms with Crippen molar-refractivity contribution in [1.82, 2.24) is 10.2 Å². The number of nitrogens with one attached hydrogen (secondary N) is 1. The van der Waals surface area contributed by atoms with Gasteiger partial charge >= 0.3 is 0 Å². The summed E-state index contributed by atoms with van der Waals surface area (Å²) in [5.74, 6) is 0.849. The lowest BCUT2D eigenvalue weighted by atomic mass is 9.96. The van der Waals surface area contributed by atoms with E-state index in [1.165, 1.54) is 56.6 Å². The highest BCUT2D eigenvalue weighted by Crippen LogP contribution is 2.22. The Morgan fingerprint density at radius 3 is 2.38 bits per heavy atom. The number of piperidine rings is 1. The minimum absolute atomic E-state index is 0.789. The second kappa shape index (κ2) is 6.80. The maximum absolute atomic E-state index is 3.57. The third kappa shape index (κ3) is 4.45. The van der Waals surface area contributed by atoms with E-state index in [-0.39, 0.29) is 0 Å². The maximum Gasteiger partial charge on any atom is 0.0363 e. The van der Waals surface area contributed by atoms with Gasteiger partial charge in [-0.05, 0) is 69.4 Å². The zero-order valence-electron chi connectivity index (χ0n) is 13.5. The van der Waals surface area contributed by atoms with E-state index < -0.39 is 0 Å². The lowest BCUT2D eigenvalue weighted by molar-refractivity contribution is 0.222. The highest BCUT2D eigenvalue weighted by atomic mass is 15.1. The minimum atomic E-state index is 0.789. The minimum Gasteiger partial charge on any atom is -0.374 e. The van der Waals surface area contributed by atoms with Crippen LogP contribution in [0.5, 0.6) is 0 Å². The lowest BCUT2D eigenvalue weighted by Gasteiger charge is -2.32. The van der Waals surface area contributed by atoms with Gasteiger partial charge in [-0.25, -0.2) is 0 Å². The van der Waals surface area contributed by atoms with Gasteiger partial charge in [0, 0.05) is 31.9 Å². The highest BCUT2D eigenvalue weighted by molar-refractivity contribution is 5.46. The predicted molar refractivity (Wildman–Crippen MR) is 89.8 cm³/mol. The fourth-order valence-electron chi connectivity index (χ4n) is 3.16. The maximum atomic E-state index is 3.57. The van der Waals surface area contributed by atoms with Crippen LogP contribution in [-0.2, 0) is 6.54 Å². The molecule has 0 radical (unpaired) electrons. The molecule has 1 aliphatic carbocycles. The van der Waals surface area contributed by atoms with Gasteiger partial charge in [-0.3, -0.25) is 0 Å². The molecule has 1 saturated carbocycles. The Balaban J connectivity index is 1.48. The smallest absolute Gasteiger partial charge is 0.0363 e. The molecule has 1 saturated heterocycles. The summed E-state index contributed by atoms with van der Waals surface area (Å²) in [4.78, 5) is 4.87. The van der Waals surface area contributed by atoms with Crippen LogP contribution < -0.4 is 10.2 Å². The first-order valence-electron chi connectivity index (χ1n) is 8.43. The topological polar surface area (TPSA) is 18.5 Å². The number of rotatable bonds is 6. The molecule has 3 nitrogen and oxygen atoms in total. The molecular formula is C18H29N3. The first-order valence-corrected chi connectivity index (χ1v) is 8.43. The Kier molecular flexibility index (Phi) is 4.81. The Bertz CT molecular complexity index is 430. The number of benzene rings is 1. The molecule has 0 amide bonds.